The van der Waals surface area contributed by atoms with Gasteiger partial charge in [0.1, 0.15) is 28.1 Å². The Morgan fingerprint density at radius 3 is 1.76 bits per heavy atom. The van der Waals surface area contributed by atoms with Gasteiger partial charge in [-0.15, -0.1) is 0 Å². The van der Waals surface area contributed by atoms with Crippen LogP contribution in [0.5, 0.6) is 23.0 Å². The maximum atomic E-state index is 14.6. The van der Waals surface area contributed by atoms with E-state index >= 15 is 0 Å². The minimum atomic E-state index is -0.347. The number of aromatic hydroxyl groups is 1. The van der Waals surface area contributed by atoms with Gasteiger partial charge in [-0.25, -0.2) is 0 Å². The summed E-state index contributed by atoms with van der Waals surface area (Å²) >= 11 is 0. The molecule has 1 N–H and O–H groups in total. The quantitative estimate of drug-likeness (QED) is 0.0483. The predicted octanol–water partition coefficient (Wildman–Crippen LogP) is 8.05. The second kappa shape index (κ2) is 21.5. The summed E-state index contributed by atoms with van der Waals surface area (Å²) in [6.07, 6.45) is 13.1. The number of fused-ring (bicyclic) bond motifs is 2. The standard InChI is InChI=1S/C46H64N2O10/c1-30(2)16-18-34-36(56-24-10-8-20-47-22-12-14-32(47)26-40(49)53-5)28-38-43(44(34)51)45(52)42-35(19-17-31(3)4)46(55-7)39(29-37(42)58-38)57-25-11-9-21-48-23-13-15-33(48)27-41(50)54-6/h16-17,28-29,32-33,51H,8-15,18-27H2,1-7H3/t32-,33-/m1/s1. The molecule has 2 saturated heterocycles. The van der Waals surface area contributed by atoms with Crippen LogP contribution in [-0.2, 0) is 31.9 Å². The largest absolute Gasteiger partial charge is 0.507 e. The van der Waals surface area contributed by atoms with Crippen LogP contribution in [0.1, 0.15) is 103 Å². The molecule has 12 nitrogen and oxygen atoms in total. The van der Waals surface area contributed by atoms with Crippen LogP contribution in [0.4, 0.5) is 0 Å². The zero-order valence-electron chi connectivity index (χ0n) is 35.7. The van der Waals surface area contributed by atoms with Crippen LogP contribution < -0.4 is 19.6 Å². The molecule has 2 atom stereocenters. The summed E-state index contributed by atoms with van der Waals surface area (Å²) in [6, 6.07) is 3.87. The zero-order valence-corrected chi connectivity index (χ0v) is 35.7. The topological polar surface area (TPSA) is 137 Å². The lowest BCUT2D eigenvalue weighted by Crippen LogP contribution is -2.32. The molecule has 2 aromatic carbocycles. The SMILES string of the molecule is COC(=O)C[C@H]1CCCN1CCCCOc1cc2oc3cc(OCCCCN4CCC[C@@H]4CC(=O)OC)c(OC)c(CC=C(C)C)c3c(=O)c2c(O)c1CC=C(C)C. The Morgan fingerprint density at radius 1 is 0.741 bits per heavy atom. The Hall–Kier alpha value is -4.55. The summed E-state index contributed by atoms with van der Waals surface area (Å²) in [7, 11) is 4.44. The van der Waals surface area contributed by atoms with Crippen LogP contribution >= 0.6 is 0 Å². The number of phenolic OH excluding ortho intramolecular Hbond substituents is 1. The van der Waals surface area contributed by atoms with E-state index in [4.69, 9.17) is 28.1 Å². The van der Waals surface area contributed by atoms with Crippen molar-refractivity contribution in [2.75, 3.05) is 60.7 Å². The van der Waals surface area contributed by atoms with Crippen molar-refractivity contribution in [3.8, 4) is 23.0 Å². The van der Waals surface area contributed by atoms with E-state index < -0.39 is 0 Å². The summed E-state index contributed by atoms with van der Waals surface area (Å²) in [5.41, 5.74) is 3.53. The molecule has 0 saturated carbocycles. The Balaban J connectivity index is 1.40. The minimum absolute atomic E-state index is 0.101. The molecular weight excluding hydrogens is 741 g/mol. The minimum Gasteiger partial charge on any atom is -0.507 e. The number of ether oxygens (including phenoxy) is 5. The number of hydrogen-bond acceptors (Lipinski definition) is 12. The van der Waals surface area contributed by atoms with Crippen LogP contribution in [0, 0.1) is 0 Å². The van der Waals surface area contributed by atoms with Gasteiger partial charge in [0, 0.05) is 35.3 Å². The van der Waals surface area contributed by atoms with Crippen molar-refractivity contribution in [2.45, 2.75) is 117 Å². The first-order valence-electron chi connectivity index (χ1n) is 20.9. The van der Waals surface area contributed by atoms with Gasteiger partial charge >= 0.3 is 11.9 Å². The molecule has 0 spiro atoms. The normalized spacial score (nSPS) is 17.1. The summed E-state index contributed by atoms with van der Waals surface area (Å²) < 4.78 is 35.0. The van der Waals surface area contributed by atoms with Gasteiger partial charge in [-0.3, -0.25) is 24.2 Å². The van der Waals surface area contributed by atoms with Crippen molar-refractivity contribution in [1.82, 2.24) is 9.80 Å². The van der Waals surface area contributed by atoms with E-state index in [1.165, 1.54) is 14.2 Å². The summed E-state index contributed by atoms with van der Waals surface area (Å²) in [5, 5.41) is 12.3. The van der Waals surface area contributed by atoms with Gasteiger partial charge in [0.2, 0.25) is 5.43 Å². The first-order valence-corrected chi connectivity index (χ1v) is 20.9. The van der Waals surface area contributed by atoms with Crippen molar-refractivity contribution < 1.29 is 42.8 Å². The third kappa shape index (κ3) is 11.3. The second-order valence-electron chi connectivity index (χ2n) is 16.1. The third-order valence-electron chi connectivity index (χ3n) is 11.4. The molecule has 12 heteroatoms. The number of likely N-dealkylation sites (tertiary alicyclic amines) is 2. The number of methoxy groups -OCH3 is 3. The van der Waals surface area contributed by atoms with E-state index in [2.05, 4.69) is 9.80 Å². The monoisotopic (exact) mass is 804 g/mol. The van der Waals surface area contributed by atoms with E-state index in [9.17, 15) is 19.5 Å². The van der Waals surface area contributed by atoms with Crippen molar-refractivity contribution in [2.24, 2.45) is 0 Å². The van der Waals surface area contributed by atoms with E-state index in [0.29, 0.717) is 78.2 Å². The molecule has 0 aliphatic carbocycles. The molecule has 3 heterocycles. The maximum absolute atomic E-state index is 14.6. The van der Waals surface area contributed by atoms with Gasteiger partial charge in [0.15, 0.2) is 11.5 Å². The van der Waals surface area contributed by atoms with E-state index in [0.717, 1.165) is 88.7 Å². The van der Waals surface area contributed by atoms with Crippen molar-refractivity contribution in [1.29, 1.82) is 0 Å². The molecule has 58 heavy (non-hydrogen) atoms. The molecule has 0 amide bonds. The average molecular weight is 805 g/mol. The van der Waals surface area contributed by atoms with Gasteiger partial charge < -0.3 is 33.2 Å². The van der Waals surface area contributed by atoms with Gasteiger partial charge in [-0.2, -0.15) is 0 Å². The lowest BCUT2D eigenvalue weighted by Gasteiger charge is -2.23. The number of esters is 2. The Morgan fingerprint density at radius 2 is 1.24 bits per heavy atom. The highest BCUT2D eigenvalue weighted by Gasteiger charge is 2.28. The lowest BCUT2D eigenvalue weighted by atomic mass is 9.98. The van der Waals surface area contributed by atoms with Gasteiger partial charge in [-0.1, -0.05) is 23.3 Å². The van der Waals surface area contributed by atoms with E-state index in [1.807, 2.05) is 39.8 Å². The van der Waals surface area contributed by atoms with Crippen molar-refractivity contribution >= 4 is 33.9 Å². The molecule has 2 fully saturated rings. The maximum Gasteiger partial charge on any atom is 0.307 e. The molecule has 0 radical (unpaired) electrons. The average Bonchev–Trinajstić information content (AvgIpc) is 3.84. The molecule has 318 valence electrons. The summed E-state index contributed by atoms with van der Waals surface area (Å²) in [5.74, 6) is 0.908. The molecular formula is C46H64N2O10. The molecule has 5 rings (SSSR count). The number of allylic oxidation sites excluding steroid dienone is 4. The highest BCUT2D eigenvalue weighted by molar-refractivity contribution is 5.98. The number of rotatable bonds is 21. The van der Waals surface area contributed by atoms with Gasteiger partial charge in [-0.05, 0) is 118 Å². The molecule has 0 bridgehead atoms. The second-order valence-corrected chi connectivity index (χ2v) is 16.1. The van der Waals surface area contributed by atoms with Gasteiger partial charge in [0.25, 0.3) is 0 Å². The fourth-order valence-electron chi connectivity index (χ4n) is 8.26. The van der Waals surface area contributed by atoms with Crippen LogP contribution in [0.15, 0.2) is 44.6 Å². The third-order valence-corrected chi connectivity index (χ3v) is 11.4. The fourth-order valence-corrected chi connectivity index (χ4v) is 8.26. The van der Waals surface area contributed by atoms with Crippen LogP contribution in [0.3, 0.4) is 0 Å². The Labute approximate surface area is 343 Å². The van der Waals surface area contributed by atoms with Crippen LogP contribution in [0.25, 0.3) is 21.9 Å². The lowest BCUT2D eigenvalue weighted by molar-refractivity contribution is -0.142. The summed E-state index contributed by atoms with van der Waals surface area (Å²) in [6.45, 7) is 12.5. The van der Waals surface area contributed by atoms with Crippen molar-refractivity contribution in [3.05, 3.63) is 56.8 Å². The number of carbonyl (C=O) groups is 2. The number of hydrogen-bond donors (Lipinski definition) is 1. The van der Waals surface area contributed by atoms with E-state index in [1.54, 1.807) is 19.2 Å². The molecule has 3 aromatic rings. The van der Waals surface area contributed by atoms with Gasteiger partial charge in [0.05, 0.1) is 52.8 Å². The highest BCUT2D eigenvalue weighted by atomic mass is 16.5. The van der Waals surface area contributed by atoms with Crippen molar-refractivity contribution in [3.63, 3.8) is 0 Å². The molecule has 2 aliphatic heterocycles. The first kappa shape index (κ1) is 44.6. The predicted molar refractivity (Wildman–Crippen MR) is 226 cm³/mol. The number of carbonyl (C=O) groups excluding carboxylic acids is 2. The smallest absolute Gasteiger partial charge is 0.307 e. The highest BCUT2D eigenvalue weighted by Crippen LogP contribution is 2.42. The van der Waals surface area contributed by atoms with Crippen LogP contribution in [-0.4, -0.2) is 99.7 Å². The van der Waals surface area contributed by atoms with E-state index in [-0.39, 0.29) is 46.2 Å². The fraction of sp³-hybridized carbons (Fsp3) is 0.587. The Kier molecular flexibility index (Phi) is 16.5. The number of nitrogens with zero attached hydrogens (tertiary/aromatic N) is 2. The Bertz CT molecular complexity index is 2010. The summed E-state index contributed by atoms with van der Waals surface area (Å²) in [4.78, 5) is 43.1. The molecule has 2 aliphatic rings. The zero-order chi connectivity index (χ0) is 41.8. The molecule has 0 unspecified atom stereocenters. The van der Waals surface area contributed by atoms with Crippen LogP contribution in [0.2, 0.25) is 0 Å². The number of benzene rings is 2. The first-order chi connectivity index (χ1) is 27.9. The number of unbranched alkanes of at least 4 members (excludes halogenated alkanes) is 2. The number of phenols is 1. The molecule has 1 aromatic heterocycles.